The lowest BCUT2D eigenvalue weighted by Crippen LogP contribution is -2.68. The van der Waals surface area contributed by atoms with E-state index in [1.165, 1.54) is 26.0 Å². The molecule has 0 spiro atoms. The van der Waals surface area contributed by atoms with Crippen molar-refractivity contribution in [2.45, 2.75) is 241 Å². The van der Waals surface area contributed by atoms with E-state index in [1.807, 2.05) is 0 Å². The summed E-state index contributed by atoms with van der Waals surface area (Å²) in [7, 11) is -4.98. The molecule has 16 aliphatic heterocycles. The van der Waals surface area contributed by atoms with Crippen LogP contribution < -0.4 is 0 Å². The van der Waals surface area contributed by atoms with E-state index in [4.69, 9.17) is 75.2 Å². The Morgan fingerprint density at radius 1 is 0.307 bits per heavy atom. The number of aliphatic hydroxyl groups is 18. The zero-order valence-corrected chi connectivity index (χ0v) is 47.9. The highest BCUT2D eigenvalue weighted by Crippen LogP contribution is 2.44. The number of fused-ring (bicyclic) bond motifs is 7. The summed E-state index contributed by atoms with van der Waals surface area (Å²) in [6.07, 6.45) is -67.4. The van der Waals surface area contributed by atoms with Gasteiger partial charge < -0.3 is 163 Å². The summed E-state index contributed by atoms with van der Waals surface area (Å²) in [5, 5.41) is 201. The van der Waals surface area contributed by atoms with E-state index in [0.717, 1.165) is 0 Å². The van der Waals surface area contributed by atoms with Crippen LogP contribution in [0.1, 0.15) is 16.7 Å². The summed E-state index contributed by atoms with van der Waals surface area (Å²) in [6, 6.07) is 3.08. The number of aryl methyl sites for hydroxylation is 3. The highest BCUT2D eigenvalue weighted by atomic mass is 32.2. The lowest BCUT2D eigenvalue weighted by Gasteiger charge is -2.50. The van der Waals surface area contributed by atoms with Crippen LogP contribution in [0.15, 0.2) is 17.0 Å². The quantitative estimate of drug-likeness (QED) is 0.0764. The maximum absolute atomic E-state index is 14.4. The fourth-order valence-corrected chi connectivity index (χ4v) is 14.0. The fraction of sp³-hybridized carbons (Fsp3) is 0.882. The van der Waals surface area contributed by atoms with Crippen molar-refractivity contribution in [3.8, 4) is 0 Å². The topological polar surface area (TPSA) is 549 Å². The van der Waals surface area contributed by atoms with Crippen molar-refractivity contribution in [2.75, 3.05) is 46.2 Å². The van der Waals surface area contributed by atoms with E-state index in [9.17, 15) is 100 Å². The van der Waals surface area contributed by atoms with Gasteiger partial charge >= 0.3 is 0 Å². The van der Waals surface area contributed by atoms with Crippen molar-refractivity contribution in [2.24, 2.45) is 0 Å². The average molecular weight is 1300 g/mol. The largest absolute Gasteiger partial charge is 0.394 e. The molecule has 37 heteroatoms. The molecule has 0 amide bonds. The molecule has 1 aromatic carbocycles. The Morgan fingerprint density at radius 3 is 0.864 bits per heavy atom. The Kier molecular flexibility index (Phi) is 21.9. The van der Waals surface area contributed by atoms with Crippen molar-refractivity contribution in [3.05, 3.63) is 28.8 Å². The Labute approximate surface area is 500 Å². The molecule has 14 bridgehead atoms. The smallest absolute Gasteiger partial charge is 0.298 e. The third kappa shape index (κ3) is 13.2. The van der Waals surface area contributed by atoms with E-state index in [1.54, 1.807) is 6.92 Å². The van der Waals surface area contributed by atoms with Crippen LogP contribution in [0.5, 0.6) is 0 Å². The van der Waals surface area contributed by atoms with Crippen molar-refractivity contribution in [1.82, 2.24) is 0 Å². The maximum Gasteiger partial charge on any atom is 0.298 e. The van der Waals surface area contributed by atoms with Gasteiger partial charge in [-0.1, -0.05) is 17.7 Å². The Morgan fingerprint density at radius 2 is 0.557 bits per heavy atom. The Bertz CT molecular complexity index is 2550. The molecule has 0 saturated carbocycles. The second-order valence-corrected chi connectivity index (χ2v) is 24.5. The van der Waals surface area contributed by atoms with Gasteiger partial charge in [0.2, 0.25) is 0 Å². The molecule has 16 saturated heterocycles. The van der Waals surface area contributed by atoms with E-state index in [-0.39, 0.29) is 16.0 Å². The van der Waals surface area contributed by atoms with Gasteiger partial charge in [-0.05, 0) is 31.9 Å². The monoisotopic (exact) mass is 1300 g/mol. The minimum Gasteiger partial charge on any atom is -0.394 e. The summed E-state index contributed by atoms with van der Waals surface area (Å²) in [6.45, 7) is -2.53. The standard InChI is InChI=1S/C51H78O36S/c1-13-4-14(2)44(15(3)5-13)88(70,71)87-41-33(69)39-21(11-57)77-50(41)86-40-22(12-58)78-51(43-42(40)79-43)85-38-20(10-56)76-48(32(68)27(38)63)83-36-18(8-54)74-46(30(66)25(36)61)81-34-16(6-52)72-45(28(64)23(34)59)80-35-17(7-53)73-47(29(65)24(35)60)82-37-19(9-55)75-49(84-39)31(67)26(37)62/h4-5,16-43,45-69H,6-12H2,1-3H3/t16-,17-,18-,19-,20-,21-,22-,23-,24-,25-,26-,27-,28-,29-,30-,31-,32-,33+,34-,35-,36-,37-,38-,39-,40-,41-,42+,43-,45-,46-,47-,48-,49-,50-,51-/m1/s1. The molecule has 36 nitrogen and oxygen atoms in total. The van der Waals surface area contributed by atoms with Gasteiger partial charge in [0.25, 0.3) is 10.1 Å². The van der Waals surface area contributed by atoms with Crippen LogP contribution in [-0.2, 0) is 85.4 Å². The highest BCUT2D eigenvalue weighted by Gasteiger charge is 2.64. The third-order valence-electron chi connectivity index (χ3n) is 17.0. The molecular formula is C51H78O36S. The first kappa shape index (κ1) is 68.7. The molecule has 18 N–H and O–H groups in total. The second-order valence-electron chi connectivity index (χ2n) is 23.0. The number of hydrogen-bond acceptors (Lipinski definition) is 36. The summed E-state index contributed by atoms with van der Waals surface area (Å²) >= 11 is 0. The lowest BCUT2D eigenvalue weighted by molar-refractivity contribution is -0.396. The first-order chi connectivity index (χ1) is 41.8. The minimum absolute atomic E-state index is 0.210. The maximum atomic E-state index is 14.4. The van der Waals surface area contributed by atoms with Crippen LogP contribution in [-0.4, -0.2) is 362 Å². The molecule has 16 heterocycles. The van der Waals surface area contributed by atoms with Gasteiger partial charge in [-0.2, -0.15) is 8.42 Å². The summed E-state index contributed by atoms with van der Waals surface area (Å²) in [4.78, 5) is -0.337. The first-order valence-electron chi connectivity index (χ1n) is 28.4. The number of hydrogen-bond donors (Lipinski definition) is 18. The zero-order chi connectivity index (χ0) is 63.7. The first-order valence-corrected chi connectivity index (χ1v) is 29.8. The molecule has 0 aliphatic carbocycles. The van der Waals surface area contributed by atoms with Gasteiger partial charge in [0.05, 0.1) is 51.1 Å². The number of epoxide rings is 1. The van der Waals surface area contributed by atoms with Gasteiger partial charge in [-0.3, -0.25) is 4.18 Å². The SMILES string of the molecule is Cc1cc(C)c(S(=O)(=O)O[C@H]2[C@H]3O[C@H]4[C@@H]5O[C@H]5[C@@H](O[C@H]5[C@H](O)[C@@H](O)[C@@H](O[C@H]6[C@H](O)[C@@H](O)[C@@H](O[C@H]7[C@H](O)[C@@H](O)[C@@H](O[C@H]8[C@H](O)[C@@H](O)[C@@H](O[C@H]9[C@H](O)[C@@H](O)[C@@H](O[C@@H]([C@@H]2O)[C@@H](CO)O3)O[C@@H]9CO)O[C@@H]8CO)O[C@@H]7CO)O[C@@H]6CO)O[C@@H]5CO)O[C@@H]4CO)c(C)c1. The summed E-state index contributed by atoms with van der Waals surface area (Å²) < 4.78 is 123. The van der Waals surface area contributed by atoms with E-state index < -0.39 is 271 Å². The molecule has 504 valence electrons. The van der Waals surface area contributed by atoms with Gasteiger partial charge in [0, 0.05) is 0 Å². The molecule has 16 fully saturated rings. The normalized spacial score (nSPS) is 50.4. The number of rotatable bonds is 10. The van der Waals surface area contributed by atoms with Gasteiger partial charge in [0.1, 0.15) is 165 Å². The summed E-state index contributed by atoms with van der Waals surface area (Å²) in [5.41, 5.74) is 1.10. The van der Waals surface area contributed by atoms with Crippen molar-refractivity contribution in [1.29, 1.82) is 0 Å². The molecular weight excluding hydrogens is 1220 g/mol. The summed E-state index contributed by atoms with van der Waals surface area (Å²) in [5.74, 6) is 0. The lowest BCUT2D eigenvalue weighted by atomic mass is 9.95. The van der Waals surface area contributed by atoms with Crippen LogP contribution in [0.25, 0.3) is 0 Å². The fourth-order valence-electron chi connectivity index (χ4n) is 12.5. The van der Waals surface area contributed by atoms with Crippen molar-refractivity contribution in [3.63, 3.8) is 0 Å². The third-order valence-corrected chi connectivity index (χ3v) is 18.7. The number of ether oxygens (including phenoxy) is 15. The Hall–Kier alpha value is -2.19. The minimum atomic E-state index is -4.98. The molecule has 17 rings (SSSR count). The predicted octanol–water partition coefficient (Wildman–Crippen LogP) is -11.8. The van der Waals surface area contributed by atoms with Gasteiger partial charge in [0.15, 0.2) is 50.1 Å². The van der Waals surface area contributed by atoms with Crippen LogP contribution >= 0.6 is 0 Å². The van der Waals surface area contributed by atoms with E-state index in [0.29, 0.717) is 5.56 Å². The molecule has 0 radical (unpaired) electrons. The number of aliphatic hydroxyl groups excluding tert-OH is 18. The second kappa shape index (κ2) is 28.0. The molecule has 88 heavy (non-hydrogen) atoms. The highest BCUT2D eigenvalue weighted by molar-refractivity contribution is 7.86. The van der Waals surface area contributed by atoms with Gasteiger partial charge in [-0.25, -0.2) is 0 Å². The van der Waals surface area contributed by atoms with Crippen LogP contribution in [0, 0.1) is 20.8 Å². The molecule has 0 unspecified atom stereocenters. The Balaban J connectivity index is 0.969. The average Bonchev–Trinajstić information content (AvgIpc) is 3.18. The zero-order valence-electron chi connectivity index (χ0n) is 47.1. The van der Waals surface area contributed by atoms with Crippen LogP contribution in [0.3, 0.4) is 0 Å². The van der Waals surface area contributed by atoms with Crippen molar-refractivity contribution >= 4 is 10.1 Å². The molecule has 35 atom stereocenters. The van der Waals surface area contributed by atoms with Crippen LogP contribution in [0.2, 0.25) is 0 Å². The molecule has 16 aliphatic rings. The number of benzene rings is 1. The van der Waals surface area contributed by atoms with E-state index >= 15 is 0 Å². The van der Waals surface area contributed by atoms with Gasteiger partial charge in [-0.15, -0.1) is 0 Å². The van der Waals surface area contributed by atoms with Crippen LogP contribution in [0.4, 0.5) is 0 Å². The molecule has 0 aromatic heterocycles. The molecule has 1 aromatic rings. The van der Waals surface area contributed by atoms with E-state index in [2.05, 4.69) is 0 Å². The van der Waals surface area contributed by atoms with Crippen molar-refractivity contribution < 1.29 is 176 Å². The predicted molar refractivity (Wildman–Crippen MR) is 272 cm³/mol.